The van der Waals surface area contributed by atoms with Crippen LogP contribution in [0, 0.1) is 0 Å². The zero-order chi connectivity index (χ0) is 22.5. The van der Waals surface area contributed by atoms with Gasteiger partial charge in [0, 0.05) is 11.3 Å². The second-order valence-electron chi connectivity index (χ2n) is 8.26. The first kappa shape index (κ1) is 21.6. The molecule has 3 aromatic rings. The van der Waals surface area contributed by atoms with Gasteiger partial charge in [0.05, 0.1) is 11.7 Å². The average molecular weight is 430 g/mol. The summed E-state index contributed by atoms with van der Waals surface area (Å²) in [6, 6.07) is 20.3. The van der Waals surface area contributed by atoms with E-state index >= 15 is 0 Å². The van der Waals surface area contributed by atoms with Crippen LogP contribution in [0.5, 0.6) is 5.75 Å². The van der Waals surface area contributed by atoms with E-state index < -0.39 is 0 Å². The van der Waals surface area contributed by atoms with Crippen LogP contribution in [-0.2, 0) is 24.2 Å². The van der Waals surface area contributed by atoms with Crippen LogP contribution in [0.3, 0.4) is 0 Å². The molecule has 32 heavy (non-hydrogen) atoms. The van der Waals surface area contributed by atoms with Crippen molar-refractivity contribution in [1.82, 2.24) is 0 Å². The maximum Gasteiger partial charge on any atom is 0.338 e. The van der Waals surface area contributed by atoms with Crippen LogP contribution in [0.15, 0.2) is 66.7 Å². The Bertz CT molecular complexity index is 1120. The molecule has 0 aliphatic heterocycles. The molecule has 3 aromatic carbocycles. The Morgan fingerprint density at radius 1 is 0.906 bits per heavy atom. The lowest BCUT2D eigenvalue weighted by molar-refractivity contribution is 0.0378. The largest absolute Gasteiger partial charge is 0.489 e. The van der Waals surface area contributed by atoms with E-state index in [1.54, 1.807) is 44.2 Å². The maximum absolute atomic E-state index is 12.7. The van der Waals surface area contributed by atoms with E-state index in [0.29, 0.717) is 23.4 Å². The summed E-state index contributed by atoms with van der Waals surface area (Å²) in [5.41, 5.74) is 5.31. The number of hydrogen-bond acceptors (Lipinski definition) is 4. The number of rotatable bonds is 7. The third kappa shape index (κ3) is 5.35. The van der Waals surface area contributed by atoms with Crippen LogP contribution in [0.2, 0.25) is 0 Å². The van der Waals surface area contributed by atoms with Crippen LogP contribution < -0.4 is 10.1 Å². The van der Waals surface area contributed by atoms with Crippen LogP contribution in [0.1, 0.15) is 57.7 Å². The number of carbonyl (C=O) groups is 2. The van der Waals surface area contributed by atoms with Gasteiger partial charge >= 0.3 is 5.97 Å². The fraction of sp³-hybridized carbons (Fsp3) is 0.259. The van der Waals surface area contributed by atoms with Crippen LogP contribution in [-0.4, -0.2) is 18.0 Å². The Morgan fingerprint density at radius 3 is 2.47 bits per heavy atom. The highest BCUT2D eigenvalue weighted by molar-refractivity contribution is 6.04. The monoisotopic (exact) mass is 429 g/mol. The molecule has 0 aromatic heterocycles. The lowest BCUT2D eigenvalue weighted by Crippen LogP contribution is -2.13. The fourth-order valence-electron chi connectivity index (χ4n) is 3.78. The standard InChI is InChI=1S/C27H27NO4/c1-18(2)32-27(30)21-9-12-24(13-10-21)28-26(29)23-8-3-5-19(15-23)17-31-25-14-11-20-6-4-7-22(20)16-25/h3,5,8-16,18H,4,6-7,17H2,1-2H3,(H,28,29). The first-order valence-corrected chi connectivity index (χ1v) is 10.9. The molecule has 0 saturated carbocycles. The quantitative estimate of drug-likeness (QED) is 0.499. The Kier molecular flexibility index (Phi) is 6.55. The summed E-state index contributed by atoms with van der Waals surface area (Å²) in [5, 5.41) is 2.86. The lowest BCUT2D eigenvalue weighted by atomic mass is 10.1. The number of amides is 1. The van der Waals surface area contributed by atoms with E-state index in [2.05, 4.69) is 17.4 Å². The first-order chi connectivity index (χ1) is 15.5. The number of nitrogens with one attached hydrogen (secondary N) is 1. The summed E-state index contributed by atoms with van der Waals surface area (Å²) in [7, 11) is 0. The Balaban J connectivity index is 1.36. The van der Waals surface area contributed by atoms with Gasteiger partial charge in [-0.2, -0.15) is 0 Å². The van der Waals surface area contributed by atoms with Crippen molar-refractivity contribution in [3.8, 4) is 5.75 Å². The predicted octanol–water partition coefficient (Wildman–Crippen LogP) is 5.57. The number of hydrogen-bond donors (Lipinski definition) is 1. The molecule has 0 unspecified atom stereocenters. The van der Waals surface area contributed by atoms with Gasteiger partial charge in [-0.05, 0) is 98.3 Å². The second kappa shape index (κ2) is 9.69. The van der Waals surface area contributed by atoms with Gasteiger partial charge in [-0.3, -0.25) is 4.79 Å². The van der Waals surface area contributed by atoms with Crippen molar-refractivity contribution in [1.29, 1.82) is 0 Å². The highest BCUT2D eigenvalue weighted by atomic mass is 16.5. The summed E-state index contributed by atoms with van der Waals surface area (Å²) in [5.74, 6) is 0.257. The Morgan fingerprint density at radius 2 is 1.69 bits per heavy atom. The lowest BCUT2D eigenvalue weighted by Gasteiger charge is -2.11. The molecular formula is C27H27NO4. The third-order valence-electron chi connectivity index (χ3n) is 5.39. The molecule has 1 N–H and O–H groups in total. The van der Waals surface area contributed by atoms with Crippen molar-refractivity contribution in [2.45, 2.75) is 45.8 Å². The second-order valence-corrected chi connectivity index (χ2v) is 8.26. The van der Waals surface area contributed by atoms with Crippen molar-refractivity contribution < 1.29 is 19.1 Å². The molecule has 0 saturated heterocycles. The van der Waals surface area contributed by atoms with Gasteiger partial charge in [-0.25, -0.2) is 4.79 Å². The number of carbonyl (C=O) groups excluding carboxylic acids is 2. The van der Waals surface area contributed by atoms with E-state index in [1.807, 2.05) is 24.3 Å². The molecule has 1 aliphatic rings. The Hall–Kier alpha value is -3.60. The summed E-state index contributed by atoms with van der Waals surface area (Å²) < 4.78 is 11.1. The summed E-state index contributed by atoms with van der Waals surface area (Å²) in [6.45, 7) is 4.00. The molecule has 0 atom stereocenters. The number of fused-ring (bicyclic) bond motifs is 1. The zero-order valence-corrected chi connectivity index (χ0v) is 18.4. The molecule has 1 amide bonds. The number of anilines is 1. The smallest absolute Gasteiger partial charge is 0.338 e. The predicted molar refractivity (Wildman–Crippen MR) is 124 cm³/mol. The topological polar surface area (TPSA) is 64.6 Å². The highest BCUT2D eigenvalue weighted by Gasteiger charge is 2.13. The zero-order valence-electron chi connectivity index (χ0n) is 18.4. The minimum absolute atomic E-state index is 0.180. The molecular weight excluding hydrogens is 402 g/mol. The van der Waals surface area contributed by atoms with Gasteiger partial charge in [0.1, 0.15) is 12.4 Å². The minimum Gasteiger partial charge on any atom is -0.489 e. The summed E-state index contributed by atoms with van der Waals surface area (Å²) in [4.78, 5) is 24.6. The SMILES string of the molecule is CC(C)OC(=O)c1ccc(NC(=O)c2cccc(COc3ccc4c(c3)CCC4)c2)cc1. The van der Waals surface area contributed by atoms with Gasteiger partial charge in [0.25, 0.3) is 5.91 Å². The van der Waals surface area contributed by atoms with E-state index in [1.165, 1.54) is 17.5 Å². The van der Waals surface area contributed by atoms with Crippen molar-refractivity contribution in [2.75, 3.05) is 5.32 Å². The van der Waals surface area contributed by atoms with Crippen molar-refractivity contribution in [3.63, 3.8) is 0 Å². The normalized spacial score (nSPS) is 12.3. The van der Waals surface area contributed by atoms with Gasteiger partial charge in [0.2, 0.25) is 0 Å². The van der Waals surface area contributed by atoms with Gasteiger partial charge in [-0.1, -0.05) is 18.2 Å². The summed E-state index contributed by atoms with van der Waals surface area (Å²) in [6.07, 6.45) is 3.29. The fourth-order valence-corrected chi connectivity index (χ4v) is 3.78. The van der Waals surface area contributed by atoms with Gasteiger partial charge in [-0.15, -0.1) is 0 Å². The van der Waals surface area contributed by atoms with Gasteiger partial charge in [0.15, 0.2) is 0 Å². The van der Waals surface area contributed by atoms with E-state index in [9.17, 15) is 9.59 Å². The van der Waals surface area contributed by atoms with Crippen molar-refractivity contribution in [3.05, 3.63) is 94.5 Å². The number of esters is 1. The highest BCUT2D eigenvalue weighted by Crippen LogP contribution is 2.26. The Labute approximate surface area is 188 Å². The molecule has 4 rings (SSSR count). The van der Waals surface area contributed by atoms with Crippen LogP contribution >= 0.6 is 0 Å². The van der Waals surface area contributed by atoms with E-state index in [4.69, 9.17) is 9.47 Å². The average Bonchev–Trinajstić information content (AvgIpc) is 3.26. The maximum atomic E-state index is 12.7. The van der Waals surface area contributed by atoms with E-state index in [0.717, 1.165) is 24.2 Å². The first-order valence-electron chi connectivity index (χ1n) is 10.9. The molecule has 1 aliphatic carbocycles. The molecule has 0 radical (unpaired) electrons. The van der Waals surface area contributed by atoms with Gasteiger partial charge < -0.3 is 14.8 Å². The summed E-state index contributed by atoms with van der Waals surface area (Å²) >= 11 is 0. The minimum atomic E-state index is -0.381. The van der Waals surface area contributed by atoms with E-state index in [-0.39, 0.29) is 18.0 Å². The number of ether oxygens (including phenoxy) is 2. The van der Waals surface area contributed by atoms with Crippen molar-refractivity contribution >= 4 is 17.6 Å². The third-order valence-corrected chi connectivity index (χ3v) is 5.39. The van der Waals surface area contributed by atoms with Crippen LogP contribution in [0.4, 0.5) is 5.69 Å². The van der Waals surface area contributed by atoms with Crippen LogP contribution in [0.25, 0.3) is 0 Å². The molecule has 5 heteroatoms. The number of aryl methyl sites for hydroxylation is 2. The molecule has 0 spiro atoms. The number of benzene rings is 3. The molecule has 164 valence electrons. The molecule has 0 fully saturated rings. The molecule has 5 nitrogen and oxygen atoms in total. The van der Waals surface area contributed by atoms with Crippen molar-refractivity contribution in [2.24, 2.45) is 0 Å². The molecule has 0 heterocycles. The molecule has 0 bridgehead atoms.